The second-order valence-electron chi connectivity index (χ2n) is 6.06. The molecule has 1 heterocycles. The van der Waals surface area contributed by atoms with Crippen molar-refractivity contribution >= 4 is 11.6 Å². The third-order valence-corrected chi connectivity index (χ3v) is 4.34. The van der Waals surface area contributed by atoms with Crippen molar-refractivity contribution in [3.8, 4) is 0 Å². The smallest absolute Gasteiger partial charge is 0.273 e. The lowest BCUT2D eigenvalue weighted by atomic mass is 10.0. The third kappa shape index (κ3) is 3.69. The first kappa shape index (κ1) is 18.2. The Morgan fingerprint density at radius 3 is 2.56 bits per heavy atom. The molecule has 1 aromatic heterocycles. The lowest BCUT2D eigenvalue weighted by molar-refractivity contribution is -0.385. The highest BCUT2D eigenvalue weighted by molar-refractivity contribution is 5.97. The Morgan fingerprint density at radius 1 is 1.26 bits per heavy atom. The molecular weight excluding hydrogens is 351 g/mol. The number of carbonyl (C=O) groups is 1. The largest absolute Gasteiger partial charge is 0.338 e. The number of nitro groups is 1. The summed E-state index contributed by atoms with van der Waals surface area (Å²) in [4.78, 5) is 27.7. The summed E-state index contributed by atoms with van der Waals surface area (Å²) in [6.07, 6.45) is 3.33. The summed E-state index contributed by atoms with van der Waals surface area (Å²) in [6.45, 7) is 1.53. The van der Waals surface area contributed by atoms with Crippen molar-refractivity contribution in [1.82, 2.24) is 14.9 Å². The van der Waals surface area contributed by atoms with Gasteiger partial charge in [-0.2, -0.15) is 0 Å². The molecule has 0 spiro atoms. The molecule has 3 rings (SSSR count). The Kier molecular flexibility index (Phi) is 4.98. The molecule has 0 saturated heterocycles. The Morgan fingerprint density at radius 2 is 1.96 bits per heavy atom. The monoisotopic (exact) mass is 368 g/mol. The summed E-state index contributed by atoms with van der Waals surface area (Å²) in [5, 5.41) is 14.0. The maximum atomic E-state index is 13.3. The van der Waals surface area contributed by atoms with Crippen LogP contribution >= 0.6 is 0 Å². The third-order valence-electron chi connectivity index (χ3n) is 4.34. The van der Waals surface area contributed by atoms with E-state index in [4.69, 9.17) is 0 Å². The fraction of sp³-hybridized carbons (Fsp3) is 0.158. The van der Waals surface area contributed by atoms with Crippen LogP contribution in [-0.4, -0.2) is 20.4 Å². The number of halogens is 1. The number of nitro benzene ring substituents is 1. The summed E-state index contributed by atoms with van der Waals surface area (Å²) in [5.74, 6) is -0.315. The zero-order chi connectivity index (χ0) is 19.6. The molecule has 3 aromatic rings. The van der Waals surface area contributed by atoms with Gasteiger partial charge in [-0.1, -0.05) is 18.2 Å². The van der Waals surface area contributed by atoms with E-state index >= 15 is 0 Å². The molecule has 0 aliphatic rings. The van der Waals surface area contributed by atoms with Crippen molar-refractivity contribution in [1.29, 1.82) is 0 Å². The number of carbonyl (C=O) groups excluding carboxylic acids is 1. The van der Waals surface area contributed by atoms with Crippen LogP contribution in [-0.2, 0) is 7.05 Å². The van der Waals surface area contributed by atoms with E-state index in [-0.39, 0.29) is 16.8 Å². The van der Waals surface area contributed by atoms with Crippen molar-refractivity contribution < 1.29 is 14.1 Å². The zero-order valence-electron chi connectivity index (χ0n) is 14.7. The highest BCUT2D eigenvalue weighted by Crippen LogP contribution is 2.24. The van der Waals surface area contributed by atoms with E-state index in [9.17, 15) is 19.3 Å². The molecule has 138 valence electrons. The molecule has 2 aromatic carbocycles. The van der Waals surface area contributed by atoms with Gasteiger partial charge in [0.05, 0.1) is 4.92 Å². The van der Waals surface area contributed by atoms with Crippen LogP contribution in [0.1, 0.15) is 33.4 Å². The van der Waals surface area contributed by atoms with Crippen LogP contribution in [0.4, 0.5) is 10.1 Å². The van der Waals surface area contributed by atoms with Crippen LogP contribution in [0, 0.1) is 22.9 Å². The summed E-state index contributed by atoms with van der Waals surface area (Å²) < 4.78 is 15.0. The van der Waals surface area contributed by atoms with Gasteiger partial charge in [0.15, 0.2) is 0 Å². The van der Waals surface area contributed by atoms with E-state index in [0.29, 0.717) is 11.4 Å². The highest BCUT2D eigenvalue weighted by atomic mass is 19.1. The Balaban J connectivity index is 1.99. The van der Waals surface area contributed by atoms with Crippen LogP contribution in [0.3, 0.4) is 0 Å². The predicted octanol–water partition coefficient (Wildman–Crippen LogP) is 3.30. The minimum absolute atomic E-state index is 0.127. The second-order valence-corrected chi connectivity index (χ2v) is 6.06. The zero-order valence-corrected chi connectivity index (χ0v) is 14.7. The number of rotatable bonds is 5. The van der Waals surface area contributed by atoms with Crippen LogP contribution in [0.25, 0.3) is 0 Å². The number of aromatic nitrogens is 2. The van der Waals surface area contributed by atoms with Gasteiger partial charge in [-0.3, -0.25) is 14.9 Å². The average molecular weight is 368 g/mol. The standard InChI is InChI=1S/C19H17FN4O3/c1-12-15(4-3-5-16(12)24(26)27)19(25)22-17(18-21-10-11-23(18)2)13-6-8-14(20)9-7-13/h3-11,17H,1-2H3,(H,22,25). The highest BCUT2D eigenvalue weighted by Gasteiger charge is 2.24. The lowest BCUT2D eigenvalue weighted by Gasteiger charge is -2.20. The van der Waals surface area contributed by atoms with Crippen molar-refractivity contribution in [2.75, 3.05) is 0 Å². The second kappa shape index (κ2) is 7.36. The Labute approximate surface area is 154 Å². The van der Waals surface area contributed by atoms with E-state index < -0.39 is 22.7 Å². The van der Waals surface area contributed by atoms with Crippen molar-refractivity contribution in [2.24, 2.45) is 7.05 Å². The Hall–Kier alpha value is -3.55. The molecule has 1 amide bonds. The van der Waals surface area contributed by atoms with Crippen molar-refractivity contribution in [2.45, 2.75) is 13.0 Å². The topological polar surface area (TPSA) is 90.1 Å². The minimum atomic E-state index is -0.642. The number of nitrogens with zero attached hydrogens (tertiary/aromatic N) is 3. The molecule has 0 aliphatic carbocycles. The molecule has 1 unspecified atom stereocenters. The maximum absolute atomic E-state index is 13.3. The molecule has 0 saturated carbocycles. The number of imidazole rings is 1. The number of hydrogen-bond acceptors (Lipinski definition) is 4. The molecule has 1 atom stereocenters. The van der Waals surface area contributed by atoms with Crippen LogP contribution in [0.5, 0.6) is 0 Å². The van der Waals surface area contributed by atoms with Crippen LogP contribution in [0.15, 0.2) is 54.9 Å². The molecule has 0 fully saturated rings. The molecule has 0 radical (unpaired) electrons. The fourth-order valence-corrected chi connectivity index (χ4v) is 2.88. The molecule has 0 aliphatic heterocycles. The maximum Gasteiger partial charge on any atom is 0.273 e. The molecule has 8 heteroatoms. The summed E-state index contributed by atoms with van der Waals surface area (Å²) in [5.41, 5.74) is 0.989. The fourth-order valence-electron chi connectivity index (χ4n) is 2.88. The first-order valence-corrected chi connectivity index (χ1v) is 8.16. The quantitative estimate of drug-likeness (QED) is 0.553. The molecular formula is C19H17FN4O3. The number of hydrogen-bond donors (Lipinski definition) is 1. The summed E-state index contributed by atoms with van der Waals surface area (Å²) >= 11 is 0. The van der Waals surface area contributed by atoms with Gasteiger partial charge in [0.2, 0.25) is 0 Å². The summed E-state index contributed by atoms with van der Waals surface area (Å²) in [7, 11) is 1.78. The van der Waals surface area contributed by atoms with Gasteiger partial charge >= 0.3 is 0 Å². The average Bonchev–Trinajstić information content (AvgIpc) is 3.06. The number of amides is 1. The van der Waals surface area contributed by atoms with Gasteiger partial charge in [-0.25, -0.2) is 9.37 Å². The Bertz CT molecular complexity index is 998. The lowest BCUT2D eigenvalue weighted by Crippen LogP contribution is -2.31. The van der Waals surface area contributed by atoms with Gasteiger partial charge < -0.3 is 9.88 Å². The predicted molar refractivity (Wildman–Crippen MR) is 96.8 cm³/mol. The van der Waals surface area contributed by atoms with Gasteiger partial charge in [-0.15, -0.1) is 0 Å². The van der Waals surface area contributed by atoms with Gasteiger partial charge in [0.25, 0.3) is 11.6 Å². The number of benzene rings is 2. The van der Waals surface area contributed by atoms with Crippen molar-refractivity contribution in [3.05, 3.63) is 93.3 Å². The van der Waals surface area contributed by atoms with Gasteiger partial charge in [0, 0.05) is 36.6 Å². The van der Waals surface area contributed by atoms with E-state index in [1.807, 2.05) is 0 Å². The molecule has 1 N–H and O–H groups in total. The van der Waals surface area contributed by atoms with E-state index in [1.165, 1.54) is 37.3 Å². The summed E-state index contributed by atoms with van der Waals surface area (Å²) in [6, 6.07) is 9.43. The number of nitrogens with one attached hydrogen (secondary N) is 1. The van der Waals surface area contributed by atoms with Crippen molar-refractivity contribution in [3.63, 3.8) is 0 Å². The normalized spacial score (nSPS) is 11.8. The SMILES string of the molecule is Cc1c(C(=O)NC(c2ccc(F)cc2)c2nccn2C)cccc1[N+](=O)[O-]. The van der Waals surface area contributed by atoms with E-state index in [2.05, 4.69) is 10.3 Å². The van der Waals surface area contributed by atoms with E-state index in [0.717, 1.165) is 0 Å². The van der Waals surface area contributed by atoms with Gasteiger partial charge in [0.1, 0.15) is 17.7 Å². The van der Waals surface area contributed by atoms with E-state index in [1.54, 1.807) is 36.1 Å². The molecule has 0 bridgehead atoms. The molecule has 27 heavy (non-hydrogen) atoms. The van der Waals surface area contributed by atoms with Gasteiger partial charge in [-0.05, 0) is 30.7 Å². The minimum Gasteiger partial charge on any atom is -0.338 e. The number of aryl methyl sites for hydroxylation is 1. The first-order chi connectivity index (χ1) is 12.9. The van der Waals surface area contributed by atoms with Crippen LogP contribution in [0.2, 0.25) is 0 Å². The molecule has 7 nitrogen and oxygen atoms in total. The van der Waals surface area contributed by atoms with Crippen LogP contribution < -0.4 is 5.32 Å². The first-order valence-electron chi connectivity index (χ1n) is 8.16.